The molecule has 0 aliphatic heterocycles. The number of aromatic nitrogens is 3. The van der Waals surface area contributed by atoms with Crippen LogP contribution in [0.2, 0.25) is 0 Å². The second-order valence-corrected chi connectivity index (χ2v) is 3.02. The molecular weight excluding hydrogens is 237 g/mol. The van der Waals surface area contributed by atoms with Gasteiger partial charge in [-0.15, -0.1) is 12.4 Å². The van der Waals surface area contributed by atoms with Crippen LogP contribution in [0.5, 0.6) is 0 Å². The van der Waals surface area contributed by atoms with Gasteiger partial charge in [-0.2, -0.15) is 5.10 Å². The number of nitrogens with one attached hydrogen (secondary N) is 1. The standard InChI is InChI=1S/C9H6ClN3O.ClH/c10-9(14)7-5-12-13-8(7)6-2-1-3-11-4-6;/h1-5H,(H,12,13);1H. The number of nitrogens with zero attached hydrogens (tertiary/aromatic N) is 2. The van der Waals surface area contributed by atoms with Crippen molar-refractivity contribution in [2.45, 2.75) is 0 Å². The number of carbonyl (C=O) groups is 1. The molecule has 2 aromatic rings. The number of aromatic amines is 1. The SMILES string of the molecule is Cl.O=C(Cl)c1cn[nH]c1-c1cccnc1. The smallest absolute Gasteiger partial charge is 0.256 e. The van der Waals surface area contributed by atoms with E-state index in [-0.39, 0.29) is 12.4 Å². The van der Waals surface area contributed by atoms with Gasteiger partial charge in [-0.05, 0) is 23.7 Å². The molecule has 6 heteroatoms. The Morgan fingerprint density at radius 1 is 1.40 bits per heavy atom. The van der Waals surface area contributed by atoms with Crippen LogP contribution in [0.1, 0.15) is 10.4 Å². The largest absolute Gasteiger partial charge is 0.277 e. The topological polar surface area (TPSA) is 58.6 Å². The predicted molar refractivity (Wildman–Crippen MR) is 59.3 cm³/mol. The third-order valence-corrected chi connectivity index (χ3v) is 2.00. The molecular formula is C9H7Cl2N3O. The molecule has 0 saturated heterocycles. The van der Waals surface area contributed by atoms with E-state index in [4.69, 9.17) is 11.6 Å². The van der Waals surface area contributed by atoms with E-state index < -0.39 is 5.24 Å². The Balaban J connectivity index is 0.00000112. The Kier molecular flexibility index (Phi) is 3.82. The molecule has 0 aliphatic carbocycles. The van der Waals surface area contributed by atoms with Crippen LogP contribution < -0.4 is 0 Å². The monoisotopic (exact) mass is 243 g/mol. The van der Waals surface area contributed by atoms with E-state index in [1.807, 2.05) is 6.07 Å². The average molecular weight is 244 g/mol. The summed E-state index contributed by atoms with van der Waals surface area (Å²) < 4.78 is 0. The second-order valence-electron chi connectivity index (χ2n) is 2.67. The zero-order valence-corrected chi connectivity index (χ0v) is 9.05. The Hall–Kier alpha value is -1.39. The summed E-state index contributed by atoms with van der Waals surface area (Å²) in [6, 6.07) is 3.60. The van der Waals surface area contributed by atoms with Gasteiger partial charge in [-0.3, -0.25) is 14.9 Å². The van der Waals surface area contributed by atoms with Crippen molar-refractivity contribution in [3.8, 4) is 11.3 Å². The molecule has 15 heavy (non-hydrogen) atoms. The van der Waals surface area contributed by atoms with Crippen LogP contribution in [-0.4, -0.2) is 20.4 Å². The fourth-order valence-corrected chi connectivity index (χ4v) is 1.31. The third-order valence-electron chi connectivity index (χ3n) is 1.80. The highest BCUT2D eigenvalue weighted by Gasteiger charge is 2.12. The van der Waals surface area contributed by atoms with Crippen molar-refractivity contribution in [3.05, 3.63) is 36.3 Å². The first-order valence-corrected chi connectivity index (χ1v) is 4.30. The van der Waals surface area contributed by atoms with Crippen molar-refractivity contribution in [1.82, 2.24) is 15.2 Å². The summed E-state index contributed by atoms with van der Waals surface area (Å²) in [5.74, 6) is 0. The fourth-order valence-electron chi connectivity index (χ4n) is 1.17. The van der Waals surface area contributed by atoms with Gasteiger partial charge in [0.2, 0.25) is 0 Å². The minimum Gasteiger partial charge on any atom is -0.277 e. The molecule has 1 N–H and O–H groups in total. The maximum Gasteiger partial charge on any atom is 0.256 e. The lowest BCUT2D eigenvalue weighted by Crippen LogP contribution is -1.90. The molecule has 2 heterocycles. The molecule has 0 bridgehead atoms. The van der Waals surface area contributed by atoms with Gasteiger partial charge >= 0.3 is 0 Å². The van der Waals surface area contributed by atoms with Crippen LogP contribution in [0.25, 0.3) is 11.3 Å². The first-order valence-electron chi connectivity index (χ1n) is 3.92. The molecule has 2 aromatic heterocycles. The van der Waals surface area contributed by atoms with Gasteiger partial charge in [0.05, 0.1) is 17.5 Å². The minimum atomic E-state index is -0.530. The van der Waals surface area contributed by atoms with E-state index in [9.17, 15) is 4.79 Å². The van der Waals surface area contributed by atoms with Crippen molar-refractivity contribution in [3.63, 3.8) is 0 Å². The molecule has 78 valence electrons. The number of hydrogen-bond donors (Lipinski definition) is 1. The Labute approximate surface area is 97.1 Å². The molecule has 4 nitrogen and oxygen atoms in total. The number of H-pyrrole nitrogens is 1. The van der Waals surface area contributed by atoms with E-state index in [1.54, 1.807) is 18.5 Å². The lowest BCUT2D eigenvalue weighted by Gasteiger charge is -1.97. The number of halogens is 2. The minimum absolute atomic E-state index is 0. The van der Waals surface area contributed by atoms with Crippen LogP contribution in [0.4, 0.5) is 0 Å². The first-order chi connectivity index (χ1) is 6.79. The van der Waals surface area contributed by atoms with Crippen molar-refractivity contribution in [1.29, 1.82) is 0 Å². The van der Waals surface area contributed by atoms with E-state index in [1.165, 1.54) is 6.20 Å². The Morgan fingerprint density at radius 2 is 2.20 bits per heavy atom. The summed E-state index contributed by atoms with van der Waals surface area (Å²) >= 11 is 5.38. The summed E-state index contributed by atoms with van der Waals surface area (Å²) in [4.78, 5) is 14.9. The summed E-state index contributed by atoms with van der Waals surface area (Å²) in [5.41, 5.74) is 1.74. The second kappa shape index (κ2) is 4.91. The van der Waals surface area contributed by atoms with Crippen LogP contribution in [0.15, 0.2) is 30.7 Å². The van der Waals surface area contributed by atoms with Crippen LogP contribution in [-0.2, 0) is 0 Å². The molecule has 0 radical (unpaired) electrons. The molecule has 0 amide bonds. The zero-order chi connectivity index (χ0) is 9.97. The number of hydrogen-bond acceptors (Lipinski definition) is 3. The fraction of sp³-hybridized carbons (Fsp3) is 0. The van der Waals surface area contributed by atoms with Crippen LogP contribution in [0.3, 0.4) is 0 Å². The van der Waals surface area contributed by atoms with Crippen LogP contribution >= 0.6 is 24.0 Å². The Bertz CT molecular complexity index is 455. The van der Waals surface area contributed by atoms with E-state index >= 15 is 0 Å². The Morgan fingerprint density at radius 3 is 2.80 bits per heavy atom. The van der Waals surface area contributed by atoms with Gasteiger partial charge in [-0.25, -0.2) is 0 Å². The average Bonchev–Trinajstić information content (AvgIpc) is 2.67. The van der Waals surface area contributed by atoms with Crippen molar-refractivity contribution < 1.29 is 4.79 Å². The summed E-state index contributed by atoms with van der Waals surface area (Å²) in [7, 11) is 0. The number of pyridine rings is 1. The lowest BCUT2D eigenvalue weighted by atomic mass is 10.1. The first kappa shape index (κ1) is 11.7. The summed E-state index contributed by atoms with van der Waals surface area (Å²) in [5, 5.41) is 5.94. The predicted octanol–water partition coefficient (Wildman–Crippen LogP) is 2.27. The highest BCUT2D eigenvalue weighted by molar-refractivity contribution is 6.68. The molecule has 0 fully saturated rings. The zero-order valence-electron chi connectivity index (χ0n) is 7.48. The highest BCUT2D eigenvalue weighted by Crippen LogP contribution is 2.20. The van der Waals surface area contributed by atoms with E-state index in [2.05, 4.69) is 15.2 Å². The van der Waals surface area contributed by atoms with Gasteiger partial charge in [0.15, 0.2) is 0 Å². The van der Waals surface area contributed by atoms with Crippen molar-refractivity contribution >= 4 is 29.3 Å². The lowest BCUT2D eigenvalue weighted by molar-refractivity contribution is 0.108. The van der Waals surface area contributed by atoms with Gasteiger partial charge < -0.3 is 0 Å². The van der Waals surface area contributed by atoms with Gasteiger partial charge in [0, 0.05) is 18.0 Å². The van der Waals surface area contributed by atoms with E-state index in [0.717, 1.165) is 5.56 Å². The number of carbonyl (C=O) groups excluding carboxylic acids is 1. The molecule has 0 saturated carbocycles. The maximum atomic E-state index is 11.0. The molecule has 2 rings (SSSR count). The van der Waals surface area contributed by atoms with Gasteiger partial charge in [-0.1, -0.05) is 0 Å². The van der Waals surface area contributed by atoms with Gasteiger partial charge in [0.1, 0.15) is 0 Å². The maximum absolute atomic E-state index is 11.0. The molecule has 0 atom stereocenters. The molecule has 0 aliphatic rings. The number of rotatable bonds is 2. The highest BCUT2D eigenvalue weighted by atomic mass is 35.5. The quantitative estimate of drug-likeness (QED) is 0.824. The summed E-state index contributed by atoms with van der Waals surface area (Å²) in [6.07, 6.45) is 4.69. The van der Waals surface area contributed by atoms with Crippen molar-refractivity contribution in [2.24, 2.45) is 0 Å². The normalized spacial score (nSPS) is 9.40. The van der Waals surface area contributed by atoms with Crippen molar-refractivity contribution in [2.75, 3.05) is 0 Å². The molecule has 0 unspecified atom stereocenters. The molecule has 0 aromatic carbocycles. The summed E-state index contributed by atoms with van der Waals surface area (Å²) in [6.45, 7) is 0. The van der Waals surface area contributed by atoms with Crippen LogP contribution in [0, 0.1) is 0 Å². The molecule has 0 spiro atoms. The third kappa shape index (κ3) is 2.34. The van der Waals surface area contributed by atoms with E-state index in [0.29, 0.717) is 11.3 Å². The van der Waals surface area contributed by atoms with Gasteiger partial charge in [0.25, 0.3) is 5.24 Å².